The van der Waals surface area contributed by atoms with E-state index in [-0.39, 0.29) is 0 Å². The normalized spacial score (nSPS) is 17.4. The lowest BCUT2D eigenvalue weighted by atomic mass is 9.94. The largest absolute Gasteiger partial charge is 0.135 e. The van der Waals surface area contributed by atoms with Gasteiger partial charge in [-0.3, -0.25) is 0 Å². The minimum Gasteiger partial charge on any atom is -0.135 e. The van der Waals surface area contributed by atoms with Crippen LogP contribution in [0.15, 0.2) is 109 Å². The fourth-order valence-corrected chi connectivity index (χ4v) is 7.53. The summed E-state index contributed by atoms with van der Waals surface area (Å²) in [5.41, 5.74) is 7.72. The first-order chi connectivity index (χ1) is 17.2. The predicted molar refractivity (Wildman–Crippen MR) is 158 cm³/mol. The van der Waals surface area contributed by atoms with Crippen molar-refractivity contribution in [2.24, 2.45) is 0 Å². The zero-order valence-electron chi connectivity index (χ0n) is 20.0. The first-order valence-corrected chi connectivity index (χ1v) is 14.0. The van der Waals surface area contributed by atoms with Crippen molar-refractivity contribution in [3.63, 3.8) is 0 Å². The minimum absolute atomic E-state index is 0.427. The van der Waals surface area contributed by atoms with Crippen LogP contribution in [0.3, 0.4) is 0 Å². The molecule has 1 unspecified atom stereocenters. The smallest absolute Gasteiger partial charge is 0.0433 e. The van der Waals surface area contributed by atoms with Gasteiger partial charge in [0.05, 0.1) is 0 Å². The number of benzene rings is 4. The fourth-order valence-electron chi connectivity index (χ4n) is 5.08. The summed E-state index contributed by atoms with van der Waals surface area (Å²) in [4.78, 5) is 1.36. The van der Waals surface area contributed by atoms with E-state index in [1.807, 2.05) is 23.1 Å². The minimum atomic E-state index is 0.427. The van der Waals surface area contributed by atoms with Crippen molar-refractivity contribution in [1.82, 2.24) is 0 Å². The van der Waals surface area contributed by atoms with Gasteiger partial charge >= 0.3 is 0 Å². The lowest BCUT2D eigenvalue weighted by Crippen LogP contribution is -1.98. The Morgan fingerprint density at radius 3 is 2.40 bits per heavy atom. The van der Waals surface area contributed by atoms with Crippen LogP contribution in [-0.2, 0) is 0 Å². The molecule has 0 saturated carbocycles. The molecule has 2 heterocycles. The van der Waals surface area contributed by atoms with Gasteiger partial charge in [-0.15, -0.1) is 23.1 Å². The molecule has 2 heteroatoms. The molecule has 4 aromatic carbocycles. The number of thioether (sulfide) groups is 1. The summed E-state index contributed by atoms with van der Waals surface area (Å²) in [5, 5.41) is 3.12. The molecule has 172 valence electrons. The van der Waals surface area contributed by atoms with Gasteiger partial charge < -0.3 is 0 Å². The number of hydrogen-bond donors (Lipinski definition) is 0. The highest BCUT2D eigenvalue weighted by Crippen LogP contribution is 2.43. The highest BCUT2D eigenvalue weighted by atomic mass is 32.2. The maximum absolute atomic E-state index is 4.47. The van der Waals surface area contributed by atoms with Crippen LogP contribution >= 0.6 is 23.1 Å². The van der Waals surface area contributed by atoms with Gasteiger partial charge in [-0.25, -0.2) is 0 Å². The zero-order chi connectivity index (χ0) is 23.8. The number of hydrogen-bond acceptors (Lipinski definition) is 2. The van der Waals surface area contributed by atoms with E-state index in [1.165, 1.54) is 58.5 Å². The summed E-state index contributed by atoms with van der Waals surface area (Å²) in [6.07, 6.45) is 8.03. The van der Waals surface area contributed by atoms with Crippen LogP contribution in [0.2, 0.25) is 0 Å². The SMILES string of the molecule is C=C1CCC/C=C\C(C)Sc2c1cccc2-c1cccc(-c2cccc3c2sc2ccccc23)c1. The number of fused-ring (bicyclic) bond motifs is 4. The molecule has 0 nitrogen and oxygen atoms in total. The van der Waals surface area contributed by atoms with Crippen molar-refractivity contribution in [3.8, 4) is 22.3 Å². The van der Waals surface area contributed by atoms with Crippen molar-refractivity contribution in [2.75, 3.05) is 0 Å². The first-order valence-electron chi connectivity index (χ1n) is 12.3. The van der Waals surface area contributed by atoms with Gasteiger partial charge in [-0.2, -0.15) is 0 Å². The Kier molecular flexibility index (Phi) is 6.10. The Morgan fingerprint density at radius 1 is 0.771 bits per heavy atom. The monoisotopic (exact) mass is 488 g/mol. The number of rotatable bonds is 2. The van der Waals surface area contributed by atoms with Gasteiger partial charge in [-0.05, 0) is 71.7 Å². The summed E-state index contributed by atoms with van der Waals surface area (Å²) in [6.45, 7) is 6.77. The standard InChI is InChI=1S/C33H28S2/c1-22-11-4-3-5-12-23(2)34-32-26(22)16-9-17-27(32)24-13-8-14-25(21-24)28-18-10-19-30-29-15-6-7-20-31(29)35-33(28)30/h5-10,12-21,23H,1,3-4,11H2,2H3/b12-5-. The van der Waals surface area contributed by atoms with Gasteiger partial charge in [0.15, 0.2) is 0 Å². The Bertz CT molecular complexity index is 1580. The van der Waals surface area contributed by atoms with E-state index in [4.69, 9.17) is 0 Å². The van der Waals surface area contributed by atoms with Crippen molar-refractivity contribution >= 4 is 48.8 Å². The highest BCUT2D eigenvalue weighted by Gasteiger charge is 2.17. The second-order valence-corrected chi connectivity index (χ2v) is 11.7. The third-order valence-electron chi connectivity index (χ3n) is 6.84. The summed E-state index contributed by atoms with van der Waals surface area (Å²) in [5.74, 6) is 0. The van der Waals surface area contributed by atoms with E-state index in [0.29, 0.717) is 5.25 Å². The van der Waals surface area contributed by atoms with E-state index < -0.39 is 0 Å². The molecule has 0 spiro atoms. The second kappa shape index (κ2) is 9.53. The third-order valence-corrected chi connectivity index (χ3v) is 9.27. The molecule has 0 radical (unpaired) electrons. The predicted octanol–water partition coefficient (Wildman–Crippen LogP) is 10.6. The molecular formula is C33H28S2. The molecule has 1 aromatic heterocycles. The molecule has 0 aliphatic carbocycles. The second-order valence-electron chi connectivity index (χ2n) is 9.29. The maximum atomic E-state index is 4.47. The van der Waals surface area contributed by atoms with Gasteiger partial charge in [-0.1, -0.05) is 91.5 Å². The van der Waals surface area contributed by atoms with Gasteiger partial charge in [0.25, 0.3) is 0 Å². The molecule has 0 bridgehead atoms. The molecule has 0 fully saturated rings. The lowest BCUT2D eigenvalue weighted by Gasteiger charge is -2.20. The van der Waals surface area contributed by atoms with Crippen molar-refractivity contribution in [1.29, 1.82) is 0 Å². The molecule has 35 heavy (non-hydrogen) atoms. The quantitative estimate of drug-likeness (QED) is 0.223. The van der Waals surface area contributed by atoms with Crippen molar-refractivity contribution < 1.29 is 0 Å². The number of thiophene rings is 1. The van der Waals surface area contributed by atoms with Crippen LogP contribution in [0.1, 0.15) is 31.7 Å². The van der Waals surface area contributed by atoms with Crippen LogP contribution < -0.4 is 0 Å². The third kappa shape index (κ3) is 4.26. The van der Waals surface area contributed by atoms with Crippen LogP contribution in [0.5, 0.6) is 0 Å². The summed E-state index contributed by atoms with van der Waals surface area (Å²) < 4.78 is 2.71. The molecule has 1 aliphatic heterocycles. The van der Waals surface area contributed by atoms with Gasteiger partial charge in [0, 0.05) is 30.3 Å². The van der Waals surface area contributed by atoms with Crippen LogP contribution in [0, 0.1) is 0 Å². The van der Waals surface area contributed by atoms with Gasteiger partial charge in [0.2, 0.25) is 0 Å². The molecule has 1 aliphatic rings. The lowest BCUT2D eigenvalue weighted by molar-refractivity contribution is 0.874. The average Bonchev–Trinajstić information content (AvgIpc) is 3.27. The Labute approximate surface area is 216 Å². The van der Waals surface area contributed by atoms with Crippen molar-refractivity contribution in [2.45, 2.75) is 36.3 Å². The Hall–Kier alpha value is -3.07. The Morgan fingerprint density at radius 2 is 1.49 bits per heavy atom. The molecule has 5 aromatic rings. The Balaban J connectivity index is 1.50. The van der Waals surface area contributed by atoms with E-state index in [0.717, 1.165) is 19.3 Å². The maximum Gasteiger partial charge on any atom is 0.0433 e. The zero-order valence-corrected chi connectivity index (χ0v) is 21.6. The van der Waals surface area contributed by atoms with E-state index in [1.54, 1.807) is 0 Å². The number of allylic oxidation sites excluding steroid dienone is 2. The first kappa shape index (κ1) is 22.4. The molecule has 0 amide bonds. The van der Waals surface area contributed by atoms with Crippen LogP contribution in [0.4, 0.5) is 0 Å². The van der Waals surface area contributed by atoms with E-state index in [2.05, 4.69) is 111 Å². The molecule has 0 N–H and O–H groups in total. The summed E-state index contributed by atoms with van der Waals surface area (Å²) in [6, 6.07) is 31.3. The van der Waals surface area contributed by atoms with Crippen LogP contribution in [0.25, 0.3) is 48.0 Å². The topological polar surface area (TPSA) is 0 Å². The molecule has 0 saturated heterocycles. The average molecular weight is 489 g/mol. The fraction of sp³-hybridized carbons (Fsp3) is 0.152. The van der Waals surface area contributed by atoms with Crippen molar-refractivity contribution in [3.05, 3.63) is 109 Å². The highest BCUT2D eigenvalue weighted by molar-refractivity contribution is 8.00. The summed E-state index contributed by atoms with van der Waals surface area (Å²) >= 11 is 3.85. The molecular weight excluding hydrogens is 460 g/mol. The van der Waals surface area contributed by atoms with E-state index >= 15 is 0 Å². The summed E-state index contributed by atoms with van der Waals surface area (Å²) in [7, 11) is 0. The molecule has 1 atom stereocenters. The van der Waals surface area contributed by atoms with Crippen LogP contribution in [-0.4, -0.2) is 5.25 Å². The van der Waals surface area contributed by atoms with Gasteiger partial charge in [0.1, 0.15) is 0 Å². The van der Waals surface area contributed by atoms with E-state index in [9.17, 15) is 0 Å². The molecule has 6 rings (SSSR count).